The number of imide groups is 1. The highest BCUT2D eigenvalue weighted by molar-refractivity contribution is 6.06. The van der Waals surface area contributed by atoms with Gasteiger partial charge in [0.1, 0.15) is 5.54 Å². The van der Waals surface area contributed by atoms with Crippen molar-refractivity contribution in [1.82, 2.24) is 14.7 Å². The largest absolute Gasteiger partial charge is 0.472 e. The lowest BCUT2D eigenvalue weighted by Crippen LogP contribution is -2.81. The van der Waals surface area contributed by atoms with E-state index in [-0.39, 0.29) is 17.9 Å². The summed E-state index contributed by atoms with van der Waals surface area (Å²) >= 11 is 0. The molecule has 2 amide bonds. The number of nitrogens with zero attached hydrogens (tertiary/aromatic N) is 3. The van der Waals surface area contributed by atoms with Crippen molar-refractivity contribution in [2.24, 2.45) is 0 Å². The van der Waals surface area contributed by atoms with Crippen LogP contribution in [0, 0.1) is 0 Å². The zero-order chi connectivity index (χ0) is 17.6. The summed E-state index contributed by atoms with van der Waals surface area (Å²) in [6.07, 6.45) is 5.02. The van der Waals surface area contributed by atoms with Gasteiger partial charge in [-0.1, -0.05) is 13.3 Å². The van der Waals surface area contributed by atoms with Crippen LogP contribution in [0.5, 0.6) is 0 Å². The summed E-state index contributed by atoms with van der Waals surface area (Å²) in [7, 11) is 0. The van der Waals surface area contributed by atoms with Crippen LogP contribution in [0.2, 0.25) is 0 Å². The summed E-state index contributed by atoms with van der Waals surface area (Å²) in [5.74, 6) is -0.214. The topological polar surface area (TPSA) is 77.2 Å². The first-order chi connectivity index (χ1) is 12.0. The lowest BCUT2D eigenvalue weighted by Gasteiger charge is -2.58. The molecule has 25 heavy (non-hydrogen) atoms. The third-order valence-corrected chi connectivity index (χ3v) is 5.72. The Morgan fingerprint density at radius 1 is 1.36 bits per heavy atom. The summed E-state index contributed by atoms with van der Waals surface area (Å²) < 4.78 is 5.11. The average Bonchev–Trinajstić information content (AvgIpc) is 3.19. The fourth-order valence-corrected chi connectivity index (χ4v) is 4.47. The van der Waals surface area contributed by atoms with Gasteiger partial charge in [0.05, 0.1) is 24.7 Å². The number of carbonyl (C=O) groups excluding carboxylic acids is 2. The minimum absolute atomic E-state index is 0.0836. The fourth-order valence-electron chi connectivity index (χ4n) is 4.47. The van der Waals surface area contributed by atoms with E-state index in [9.17, 15) is 14.7 Å². The third kappa shape index (κ3) is 2.61. The van der Waals surface area contributed by atoms with E-state index in [0.717, 1.165) is 24.9 Å². The second-order valence-electron chi connectivity index (χ2n) is 7.51. The van der Waals surface area contributed by atoms with E-state index >= 15 is 0 Å². The fraction of sp³-hybridized carbons (Fsp3) is 0.667. The number of carbonyl (C=O) groups is 2. The molecule has 0 bridgehead atoms. The van der Waals surface area contributed by atoms with Crippen LogP contribution in [0.1, 0.15) is 31.7 Å². The number of rotatable bonds is 5. The van der Waals surface area contributed by atoms with Crippen LogP contribution in [0.25, 0.3) is 0 Å². The monoisotopic (exact) mass is 347 g/mol. The van der Waals surface area contributed by atoms with E-state index in [1.54, 1.807) is 12.5 Å². The van der Waals surface area contributed by atoms with E-state index in [1.165, 1.54) is 4.90 Å². The number of hydrogen-bond acceptors (Lipinski definition) is 6. The second-order valence-corrected chi connectivity index (χ2v) is 7.51. The molecule has 2 unspecified atom stereocenters. The highest BCUT2D eigenvalue weighted by Crippen LogP contribution is 2.40. The van der Waals surface area contributed by atoms with Crippen molar-refractivity contribution in [1.29, 1.82) is 0 Å². The number of furan rings is 1. The Morgan fingerprint density at radius 2 is 2.16 bits per heavy atom. The Bertz CT molecular complexity index is 653. The predicted molar refractivity (Wildman–Crippen MR) is 89.5 cm³/mol. The highest BCUT2D eigenvalue weighted by atomic mass is 16.3. The molecule has 1 spiro atoms. The maximum absolute atomic E-state index is 13.2. The number of hydrogen-bond donors (Lipinski definition) is 1. The Balaban J connectivity index is 1.55. The number of likely N-dealkylation sites (tertiary alicyclic amines) is 1. The standard InChI is InChI=1S/C18H25N3O4/c1-2-3-5-20-16(23)15-7-14(22)9-21(15)18(17(20)24)11-19(12-18)8-13-4-6-25-10-13/h4,6,10,14-15,22H,2-3,5,7-9,11-12H2,1H3. The van der Waals surface area contributed by atoms with Crippen LogP contribution < -0.4 is 0 Å². The minimum atomic E-state index is -0.659. The SMILES string of the molecule is CCCCN1C(=O)C2CC(O)CN2C2(CN(Cc3ccoc3)C2)C1=O. The molecule has 4 rings (SSSR count). The summed E-state index contributed by atoms with van der Waals surface area (Å²) in [5.41, 5.74) is 0.420. The van der Waals surface area contributed by atoms with Gasteiger partial charge in [0.25, 0.3) is 5.91 Å². The molecule has 3 fully saturated rings. The first-order valence-electron chi connectivity index (χ1n) is 9.09. The molecule has 0 aromatic carbocycles. The summed E-state index contributed by atoms with van der Waals surface area (Å²) in [4.78, 5) is 31.6. The average molecular weight is 347 g/mol. The van der Waals surface area contributed by atoms with E-state index in [4.69, 9.17) is 4.42 Å². The van der Waals surface area contributed by atoms with E-state index in [0.29, 0.717) is 32.6 Å². The predicted octanol–water partition coefficient (Wildman–Crippen LogP) is 0.438. The molecule has 1 N–H and O–H groups in total. The van der Waals surface area contributed by atoms with Gasteiger partial charge in [-0.15, -0.1) is 0 Å². The minimum Gasteiger partial charge on any atom is -0.472 e. The molecule has 0 radical (unpaired) electrons. The van der Waals surface area contributed by atoms with Crippen LogP contribution in [-0.4, -0.2) is 75.5 Å². The van der Waals surface area contributed by atoms with Crippen LogP contribution in [-0.2, 0) is 16.1 Å². The van der Waals surface area contributed by atoms with Crippen LogP contribution in [0.15, 0.2) is 23.0 Å². The van der Waals surface area contributed by atoms with E-state index in [1.807, 2.05) is 11.0 Å². The van der Waals surface area contributed by atoms with Gasteiger partial charge in [-0.25, -0.2) is 0 Å². The number of β-amino-alcohol motifs (C(OH)–C–C–N with tert-alkyl or cyclic N) is 1. The van der Waals surface area contributed by atoms with Gasteiger partial charge in [-0.2, -0.15) is 0 Å². The van der Waals surface area contributed by atoms with Crippen molar-refractivity contribution in [3.05, 3.63) is 24.2 Å². The van der Waals surface area contributed by atoms with Gasteiger partial charge in [0.15, 0.2) is 0 Å². The van der Waals surface area contributed by atoms with E-state index < -0.39 is 11.6 Å². The lowest BCUT2D eigenvalue weighted by molar-refractivity contribution is -0.180. The molecule has 4 heterocycles. The molecule has 1 aromatic heterocycles. The van der Waals surface area contributed by atoms with Crippen LogP contribution in [0.4, 0.5) is 0 Å². The number of aliphatic hydroxyl groups excluding tert-OH is 1. The van der Waals surface area contributed by atoms with Gasteiger partial charge in [0, 0.05) is 38.3 Å². The zero-order valence-corrected chi connectivity index (χ0v) is 14.6. The molecule has 0 saturated carbocycles. The first kappa shape index (κ1) is 16.8. The van der Waals surface area contributed by atoms with Gasteiger partial charge in [0.2, 0.25) is 5.91 Å². The summed E-state index contributed by atoms with van der Waals surface area (Å²) in [5, 5.41) is 10.1. The lowest BCUT2D eigenvalue weighted by atomic mass is 9.82. The van der Waals surface area contributed by atoms with Gasteiger partial charge in [-0.05, 0) is 18.9 Å². The molecule has 3 saturated heterocycles. The molecular formula is C18H25N3O4. The van der Waals surface area contributed by atoms with Crippen molar-refractivity contribution < 1.29 is 19.1 Å². The van der Waals surface area contributed by atoms with Gasteiger partial charge < -0.3 is 9.52 Å². The number of fused-ring (bicyclic) bond motifs is 2. The third-order valence-electron chi connectivity index (χ3n) is 5.72. The Morgan fingerprint density at radius 3 is 2.84 bits per heavy atom. The molecule has 3 aliphatic rings. The number of piperazine rings is 1. The van der Waals surface area contributed by atoms with Crippen LogP contribution >= 0.6 is 0 Å². The molecule has 7 nitrogen and oxygen atoms in total. The number of unbranched alkanes of at least 4 members (excludes halogenated alkanes) is 1. The molecule has 3 aliphatic heterocycles. The molecule has 0 aliphatic carbocycles. The number of amides is 2. The van der Waals surface area contributed by atoms with Crippen molar-refractivity contribution in [2.75, 3.05) is 26.2 Å². The van der Waals surface area contributed by atoms with Crippen molar-refractivity contribution in [2.45, 2.75) is 50.4 Å². The Kier molecular flexibility index (Phi) is 4.17. The Labute approximate surface area is 147 Å². The zero-order valence-electron chi connectivity index (χ0n) is 14.6. The van der Waals surface area contributed by atoms with Crippen LogP contribution in [0.3, 0.4) is 0 Å². The highest BCUT2D eigenvalue weighted by Gasteiger charge is 2.63. The van der Waals surface area contributed by atoms with Gasteiger partial charge >= 0.3 is 0 Å². The molecule has 2 atom stereocenters. The normalized spacial score (nSPS) is 29.3. The molecule has 7 heteroatoms. The number of aliphatic hydroxyl groups is 1. The maximum Gasteiger partial charge on any atom is 0.252 e. The Hall–Kier alpha value is -1.70. The summed E-state index contributed by atoms with van der Waals surface area (Å²) in [6, 6.07) is 1.56. The van der Waals surface area contributed by atoms with Gasteiger partial charge in [-0.3, -0.25) is 24.3 Å². The van der Waals surface area contributed by atoms with Crippen molar-refractivity contribution in [3.8, 4) is 0 Å². The van der Waals surface area contributed by atoms with Crippen molar-refractivity contribution in [3.63, 3.8) is 0 Å². The second kappa shape index (κ2) is 6.23. The first-order valence-corrected chi connectivity index (χ1v) is 9.09. The smallest absolute Gasteiger partial charge is 0.252 e. The molecule has 136 valence electrons. The molecular weight excluding hydrogens is 322 g/mol. The maximum atomic E-state index is 13.2. The molecule has 1 aromatic rings. The van der Waals surface area contributed by atoms with E-state index in [2.05, 4.69) is 11.8 Å². The van der Waals surface area contributed by atoms with Crippen molar-refractivity contribution >= 4 is 11.8 Å². The summed E-state index contributed by atoms with van der Waals surface area (Å²) in [6.45, 7) is 4.86. The quantitative estimate of drug-likeness (QED) is 0.779.